The highest BCUT2D eigenvalue weighted by atomic mass is 19.3. The van der Waals surface area contributed by atoms with Gasteiger partial charge in [-0.3, -0.25) is 4.79 Å². The second kappa shape index (κ2) is 8.05. The molecule has 2 aromatic heterocycles. The highest BCUT2D eigenvalue weighted by Crippen LogP contribution is 2.43. The molecule has 0 bridgehead atoms. The van der Waals surface area contributed by atoms with Crippen molar-refractivity contribution in [1.82, 2.24) is 14.5 Å². The predicted molar refractivity (Wildman–Crippen MR) is 111 cm³/mol. The number of alkyl halides is 3. The topological polar surface area (TPSA) is 69.0 Å². The van der Waals surface area contributed by atoms with Gasteiger partial charge in [0.15, 0.2) is 6.23 Å². The summed E-state index contributed by atoms with van der Waals surface area (Å²) in [5.41, 5.74) is -3.47. The summed E-state index contributed by atoms with van der Waals surface area (Å²) in [6.45, 7) is 1.18. The first-order chi connectivity index (χ1) is 15.5. The van der Waals surface area contributed by atoms with Crippen molar-refractivity contribution >= 4 is 16.7 Å². The Morgan fingerprint density at radius 3 is 2.52 bits per heavy atom. The van der Waals surface area contributed by atoms with Crippen LogP contribution in [0, 0.1) is 18.6 Å². The molecule has 1 aliphatic rings. The quantitative estimate of drug-likeness (QED) is 0.402. The molecule has 1 aromatic carbocycles. The smallest absolute Gasteiger partial charge is 0.289 e. The van der Waals surface area contributed by atoms with Gasteiger partial charge in [-0.2, -0.15) is 4.39 Å². The number of anilines is 1. The van der Waals surface area contributed by atoms with Gasteiger partial charge in [-0.05, 0) is 19.8 Å². The van der Waals surface area contributed by atoms with Crippen molar-refractivity contribution in [3.63, 3.8) is 0 Å². The lowest BCUT2D eigenvalue weighted by Crippen LogP contribution is -2.33. The number of aryl methyl sites for hydroxylation is 1. The molecule has 1 unspecified atom stereocenters. The van der Waals surface area contributed by atoms with E-state index in [-0.39, 0.29) is 28.1 Å². The molecule has 2 heterocycles. The minimum Gasteiger partial charge on any atom is -0.357 e. The number of benzene rings is 1. The Kier molecular flexibility index (Phi) is 5.63. The van der Waals surface area contributed by atoms with Crippen LogP contribution in [0.4, 0.5) is 27.8 Å². The highest BCUT2D eigenvalue weighted by molar-refractivity contribution is 5.89. The number of nitrogens with one attached hydrogen (secondary N) is 1. The van der Waals surface area contributed by atoms with Gasteiger partial charge in [-0.25, -0.2) is 27.5 Å². The molecule has 1 fully saturated rings. The van der Waals surface area contributed by atoms with Crippen LogP contribution in [0.3, 0.4) is 0 Å². The molecule has 1 saturated carbocycles. The van der Waals surface area contributed by atoms with Gasteiger partial charge in [-0.1, -0.05) is 18.2 Å². The third-order valence-electron chi connectivity index (χ3n) is 5.80. The fourth-order valence-corrected chi connectivity index (χ4v) is 3.79. The van der Waals surface area contributed by atoms with Crippen LogP contribution < -0.4 is 10.9 Å². The number of halogens is 5. The number of rotatable bonds is 7. The van der Waals surface area contributed by atoms with Gasteiger partial charge in [0, 0.05) is 25.8 Å². The van der Waals surface area contributed by atoms with Gasteiger partial charge in [0.2, 0.25) is 5.82 Å². The van der Waals surface area contributed by atoms with Crippen molar-refractivity contribution in [2.45, 2.75) is 44.4 Å². The maximum atomic E-state index is 15.0. The largest absolute Gasteiger partial charge is 0.357 e. The molecule has 11 heteroatoms. The average Bonchev–Trinajstić information content (AvgIpc) is 3.55. The molecule has 0 amide bonds. The van der Waals surface area contributed by atoms with Crippen molar-refractivity contribution in [1.29, 1.82) is 0 Å². The van der Waals surface area contributed by atoms with E-state index < -0.39 is 47.1 Å². The summed E-state index contributed by atoms with van der Waals surface area (Å²) >= 11 is 0. The zero-order chi connectivity index (χ0) is 24.1. The van der Waals surface area contributed by atoms with E-state index >= 15 is 0 Å². The molecule has 33 heavy (non-hydrogen) atoms. The van der Waals surface area contributed by atoms with E-state index in [1.54, 1.807) is 0 Å². The van der Waals surface area contributed by atoms with Crippen molar-refractivity contribution < 1.29 is 26.7 Å². The Balaban J connectivity index is 1.86. The van der Waals surface area contributed by atoms with Crippen molar-refractivity contribution in [2.24, 2.45) is 0 Å². The van der Waals surface area contributed by atoms with Crippen molar-refractivity contribution in [2.75, 3.05) is 19.1 Å². The van der Waals surface area contributed by atoms with Crippen LogP contribution in [-0.4, -0.2) is 28.3 Å². The van der Waals surface area contributed by atoms with E-state index in [2.05, 4.69) is 15.3 Å². The number of fused-ring (bicyclic) bond motifs is 1. The summed E-state index contributed by atoms with van der Waals surface area (Å²) in [6, 6.07) is 3.49. The Hall–Kier alpha value is -3.08. The Morgan fingerprint density at radius 2 is 1.94 bits per heavy atom. The lowest BCUT2D eigenvalue weighted by molar-refractivity contribution is 0.0130. The van der Waals surface area contributed by atoms with Crippen molar-refractivity contribution in [3.05, 3.63) is 63.3 Å². The minimum atomic E-state index is -3.43. The zero-order valence-electron chi connectivity index (χ0n) is 18.1. The molecule has 176 valence electrons. The lowest BCUT2D eigenvalue weighted by Gasteiger charge is -2.23. The first-order valence-corrected chi connectivity index (χ1v) is 10.1. The molecule has 0 saturated heterocycles. The Bertz CT molecular complexity index is 1280. The van der Waals surface area contributed by atoms with Crippen molar-refractivity contribution in [3.8, 4) is 0 Å². The summed E-state index contributed by atoms with van der Waals surface area (Å²) in [6.07, 6.45) is 0.709. The zero-order valence-corrected chi connectivity index (χ0v) is 18.1. The second-order valence-corrected chi connectivity index (χ2v) is 8.22. The lowest BCUT2D eigenvalue weighted by atomic mass is 10.0. The molecular weight excluding hydrogens is 447 g/mol. The number of methoxy groups -OCH3 is 1. The van der Waals surface area contributed by atoms with Crippen LogP contribution in [0.1, 0.15) is 42.9 Å². The van der Waals surface area contributed by atoms with Crippen LogP contribution >= 0.6 is 0 Å². The van der Waals surface area contributed by atoms with Crippen LogP contribution in [0.5, 0.6) is 0 Å². The molecule has 6 nitrogen and oxygen atoms in total. The maximum Gasteiger partial charge on any atom is 0.289 e. The average molecular weight is 468 g/mol. The van der Waals surface area contributed by atoms with Crippen LogP contribution in [0.2, 0.25) is 0 Å². The SMILES string of the molecule is COC(Nc1nc(C)nc2c(F)c(=O)n(C3(CF)CC3)cc12)c1cccc(C(C)(F)F)c1F. The number of ether oxygens (including phenoxy) is 1. The third kappa shape index (κ3) is 3.94. The van der Waals surface area contributed by atoms with E-state index in [0.29, 0.717) is 19.8 Å². The van der Waals surface area contributed by atoms with E-state index in [1.807, 2.05) is 0 Å². The molecule has 1 atom stereocenters. The van der Waals surface area contributed by atoms with Gasteiger partial charge < -0.3 is 14.6 Å². The molecule has 0 aliphatic heterocycles. The maximum absolute atomic E-state index is 15.0. The van der Waals surface area contributed by atoms with Gasteiger partial charge in [-0.15, -0.1) is 0 Å². The molecule has 1 N–H and O–H groups in total. The first kappa shape index (κ1) is 23.1. The first-order valence-electron chi connectivity index (χ1n) is 10.1. The standard InChI is InChI=1S/C22H21F5N4O2/c1-11-28-17-13(9-31(20(32)16(17)25)22(10-23)7-8-22)18(29-11)30-19(33-3)12-5-4-6-14(15(12)24)21(2,26)27/h4-6,9,19H,7-8,10H2,1-3H3,(H,28,29,30). The molecular formula is C22H21F5N4O2. The molecule has 0 radical (unpaired) electrons. The number of hydrogen-bond acceptors (Lipinski definition) is 5. The molecule has 0 spiro atoms. The Morgan fingerprint density at radius 1 is 1.24 bits per heavy atom. The summed E-state index contributed by atoms with van der Waals surface area (Å²) < 4.78 is 77.4. The highest BCUT2D eigenvalue weighted by Gasteiger charge is 2.46. The fraction of sp³-hybridized carbons (Fsp3) is 0.409. The van der Waals surface area contributed by atoms with Gasteiger partial charge in [0.1, 0.15) is 29.7 Å². The predicted octanol–water partition coefficient (Wildman–Crippen LogP) is 4.71. The Labute approximate surface area is 185 Å². The fourth-order valence-electron chi connectivity index (χ4n) is 3.79. The van der Waals surface area contributed by atoms with E-state index in [4.69, 9.17) is 4.74 Å². The van der Waals surface area contributed by atoms with Gasteiger partial charge in [0.05, 0.1) is 16.5 Å². The van der Waals surface area contributed by atoms with Crippen LogP contribution in [0.15, 0.2) is 29.2 Å². The minimum absolute atomic E-state index is 0.0280. The number of nitrogens with zero attached hydrogens (tertiary/aromatic N) is 3. The second-order valence-electron chi connectivity index (χ2n) is 8.22. The molecule has 4 rings (SSSR count). The van der Waals surface area contributed by atoms with Gasteiger partial charge >= 0.3 is 0 Å². The van der Waals surface area contributed by atoms with Crippen LogP contribution in [0.25, 0.3) is 10.9 Å². The molecule has 1 aliphatic carbocycles. The van der Waals surface area contributed by atoms with E-state index in [0.717, 1.165) is 10.6 Å². The summed E-state index contributed by atoms with van der Waals surface area (Å²) in [5.74, 6) is -5.71. The van der Waals surface area contributed by atoms with E-state index in [1.165, 1.54) is 32.4 Å². The number of pyridine rings is 1. The normalized spacial score (nSPS) is 16.1. The third-order valence-corrected chi connectivity index (χ3v) is 5.80. The monoisotopic (exact) mass is 468 g/mol. The molecule has 3 aromatic rings. The number of hydrogen-bond donors (Lipinski definition) is 1. The van der Waals surface area contributed by atoms with Gasteiger partial charge in [0.25, 0.3) is 11.5 Å². The number of aromatic nitrogens is 3. The summed E-state index contributed by atoms with van der Waals surface area (Å²) in [5, 5.41) is 2.82. The van der Waals surface area contributed by atoms with E-state index in [9.17, 15) is 26.7 Å². The summed E-state index contributed by atoms with van der Waals surface area (Å²) in [4.78, 5) is 20.7. The van der Waals surface area contributed by atoms with Crippen LogP contribution in [-0.2, 0) is 16.2 Å². The summed E-state index contributed by atoms with van der Waals surface area (Å²) in [7, 11) is 1.23.